The first-order valence-electron chi connectivity index (χ1n) is 34.2. The van der Waals surface area contributed by atoms with Gasteiger partial charge in [-0.15, -0.1) is 0 Å². The molecule has 0 saturated heterocycles. The highest BCUT2D eigenvalue weighted by atomic mass is 15.2. The first-order valence-corrected chi connectivity index (χ1v) is 30.2. The van der Waals surface area contributed by atoms with Gasteiger partial charge in [-0.05, 0) is 212 Å². The zero-order valence-corrected chi connectivity index (χ0v) is 51.9. The summed E-state index contributed by atoms with van der Waals surface area (Å²) in [7, 11) is 0. The SMILES string of the molecule is [2H]C([2H])(c1ccc2c(c1)c1cc(C([2H])([2H])C(C)(C)C)ccc1n2-c1ccc2c(c1)N(c1ccccc1)c1cc(CC(C)(C)C)cc3c1B2c1ccc(-n2c4ccc(C([2H])([2H])C(C)(C)C)cc4c4cc(C([2H])([2H])C(C)(C)C)ccc42)cc1N3c1ccccc1)C(C)(C)C. The lowest BCUT2D eigenvalue weighted by Crippen LogP contribution is -2.61. The predicted molar refractivity (Wildman–Crippen MR) is 365 cm³/mol. The number of benzene rings is 9. The number of anilines is 6. The zero-order valence-electron chi connectivity index (χ0n) is 59.9. The molecular formula is C79H85BN4. The molecule has 0 bridgehead atoms. The van der Waals surface area contributed by atoms with Gasteiger partial charge in [0.2, 0.25) is 0 Å². The van der Waals surface area contributed by atoms with Crippen molar-refractivity contribution in [2.24, 2.45) is 27.1 Å². The third-order valence-electron chi connectivity index (χ3n) is 16.0. The molecular weight excluding hydrogens is 1020 g/mol. The lowest BCUT2D eigenvalue weighted by Gasteiger charge is -2.45. The Kier molecular flexibility index (Phi) is 11.1. The van der Waals surface area contributed by atoms with Gasteiger partial charge in [0.05, 0.1) is 22.1 Å². The Labute approximate surface area is 512 Å². The second-order valence-corrected chi connectivity index (χ2v) is 29.1. The van der Waals surface area contributed by atoms with Gasteiger partial charge in [0.15, 0.2) is 0 Å². The van der Waals surface area contributed by atoms with Crippen LogP contribution >= 0.6 is 0 Å². The maximum Gasteiger partial charge on any atom is 0.252 e. The predicted octanol–water partition coefficient (Wildman–Crippen LogP) is 19.9. The van der Waals surface area contributed by atoms with Crippen LogP contribution in [0.1, 0.15) is 143 Å². The summed E-state index contributed by atoms with van der Waals surface area (Å²) in [6, 6.07) is 63.8. The highest BCUT2D eigenvalue weighted by Crippen LogP contribution is 2.48. The summed E-state index contributed by atoms with van der Waals surface area (Å²) < 4.78 is 80.3. The minimum atomic E-state index is -1.67. The van der Waals surface area contributed by atoms with Crippen LogP contribution in [0, 0.1) is 27.1 Å². The summed E-state index contributed by atoms with van der Waals surface area (Å²) in [5.74, 6) is 0. The van der Waals surface area contributed by atoms with Crippen molar-refractivity contribution in [3.8, 4) is 11.4 Å². The molecule has 0 N–H and O–H groups in total. The van der Waals surface area contributed by atoms with E-state index in [9.17, 15) is 11.0 Å². The van der Waals surface area contributed by atoms with Gasteiger partial charge in [-0.2, -0.15) is 0 Å². The van der Waals surface area contributed by atoms with Gasteiger partial charge in [-0.25, -0.2) is 0 Å². The van der Waals surface area contributed by atoms with Gasteiger partial charge in [-0.3, -0.25) is 0 Å². The lowest BCUT2D eigenvalue weighted by molar-refractivity contribution is 0.411. The minimum absolute atomic E-state index is 0.0700. The summed E-state index contributed by atoms with van der Waals surface area (Å²) in [4.78, 5) is 4.90. The maximum absolute atomic E-state index is 9.46. The van der Waals surface area contributed by atoms with E-state index in [1.54, 1.807) is 0 Å². The molecule has 0 unspecified atom stereocenters. The smallest absolute Gasteiger partial charge is 0.252 e. The first-order chi connectivity index (χ1) is 42.8. The number of nitrogens with zero attached hydrogens (tertiary/aromatic N) is 4. The number of para-hydroxylation sites is 2. The zero-order chi connectivity index (χ0) is 66.2. The molecule has 84 heavy (non-hydrogen) atoms. The van der Waals surface area contributed by atoms with Crippen LogP contribution in [-0.4, -0.2) is 15.8 Å². The molecule has 0 amide bonds. The van der Waals surface area contributed by atoms with Crippen LogP contribution in [0.25, 0.3) is 55.0 Å². The van der Waals surface area contributed by atoms with E-state index in [0.717, 1.165) is 106 Å². The van der Waals surface area contributed by atoms with Crippen molar-refractivity contribution >= 4 is 101 Å². The second-order valence-electron chi connectivity index (χ2n) is 29.1. The summed E-state index contributed by atoms with van der Waals surface area (Å²) in [5.41, 5.74) is 15.7. The summed E-state index contributed by atoms with van der Waals surface area (Å²) in [6.45, 7) is 29.9. The van der Waals surface area contributed by atoms with E-state index in [1.807, 2.05) is 132 Å². The highest BCUT2D eigenvalue weighted by molar-refractivity contribution is 7.00. The molecule has 2 aliphatic heterocycles. The van der Waals surface area contributed by atoms with Crippen molar-refractivity contribution < 1.29 is 11.0 Å². The third-order valence-corrected chi connectivity index (χ3v) is 16.0. The number of hydrogen-bond acceptors (Lipinski definition) is 2. The average molecular weight is 1110 g/mol. The Hall–Kier alpha value is -7.76. The Morgan fingerprint density at radius 2 is 0.631 bits per heavy atom. The molecule has 2 aromatic heterocycles. The van der Waals surface area contributed by atoms with Crippen molar-refractivity contribution in [2.45, 2.75) is 136 Å². The van der Waals surface area contributed by atoms with Crippen molar-refractivity contribution in [3.05, 3.63) is 210 Å². The Morgan fingerprint density at radius 1 is 0.310 bits per heavy atom. The van der Waals surface area contributed by atoms with Gasteiger partial charge in [0, 0.05) is 78.0 Å². The number of hydrogen-bond donors (Lipinski definition) is 0. The topological polar surface area (TPSA) is 16.3 Å². The molecule has 5 heteroatoms. The standard InChI is InChI=1S/C79H85BN4/c1-75(2,3)46-51-26-34-66-60(38-51)61-39-52(47-76(4,5)6)27-35-67(61)83(66)58-30-32-64-70(44-58)81(56-22-18-16-19-23-56)72-42-55(50-79(13,14)15)43-73-74(72)80(64)65-33-31-59(45-71(65)82(73)57-24-20-17-21-25-57)84-68-36-28-53(48-77(7,8)9)40-62(68)63-41-54(29-37-69(63)84)49-78(10,11)12/h16-45H,46-50H2,1-15H3/i46D2,47D2,48D2,49D2. The summed E-state index contributed by atoms with van der Waals surface area (Å²) in [5, 5.41) is 3.43. The number of fused-ring (bicyclic) bond motifs is 10. The fraction of sp³-hybridized carbons (Fsp3) is 0.316. The van der Waals surface area contributed by atoms with Crippen molar-refractivity contribution in [3.63, 3.8) is 0 Å². The van der Waals surface area contributed by atoms with E-state index in [2.05, 4.69) is 173 Å². The molecule has 0 atom stereocenters. The quantitative estimate of drug-likeness (QED) is 0.134. The lowest BCUT2D eigenvalue weighted by atomic mass is 9.33. The van der Waals surface area contributed by atoms with E-state index in [0.29, 0.717) is 22.3 Å². The van der Waals surface area contributed by atoms with Crippen molar-refractivity contribution in [2.75, 3.05) is 9.80 Å². The maximum atomic E-state index is 9.46. The van der Waals surface area contributed by atoms with Crippen LogP contribution < -0.4 is 26.2 Å². The first kappa shape index (κ1) is 46.6. The van der Waals surface area contributed by atoms with Gasteiger partial charge >= 0.3 is 0 Å². The molecule has 9 aromatic carbocycles. The molecule has 0 saturated carbocycles. The minimum Gasteiger partial charge on any atom is -0.311 e. The van der Waals surface area contributed by atoms with E-state index in [-0.39, 0.29) is 12.1 Å². The molecule has 424 valence electrons. The Morgan fingerprint density at radius 3 is 0.929 bits per heavy atom. The van der Waals surface area contributed by atoms with Crippen LogP contribution in [0.3, 0.4) is 0 Å². The molecule has 13 rings (SSSR count). The third kappa shape index (κ3) is 10.4. The van der Waals surface area contributed by atoms with E-state index in [1.165, 1.54) is 11.0 Å². The normalized spacial score (nSPS) is 15.9. The molecule has 0 fully saturated rings. The van der Waals surface area contributed by atoms with Crippen LogP contribution in [0.2, 0.25) is 0 Å². The van der Waals surface area contributed by atoms with Crippen LogP contribution in [0.5, 0.6) is 0 Å². The van der Waals surface area contributed by atoms with Crippen LogP contribution in [-0.2, 0) is 31.9 Å². The molecule has 0 spiro atoms. The summed E-state index contributed by atoms with van der Waals surface area (Å²) >= 11 is 0. The van der Waals surface area contributed by atoms with Crippen molar-refractivity contribution in [1.29, 1.82) is 0 Å². The monoisotopic (exact) mass is 1110 g/mol. The second kappa shape index (κ2) is 19.9. The van der Waals surface area contributed by atoms with Gasteiger partial charge in [0.25, 0.3) is 6.71 Å². The Balaban J connectivity index is 1.10. The van der Waals surface area contributed by atoms with E-state index >= 15 is 0 Å². The van der Waals surface area contributed by atoms with Crippen molar-refractivity contribution in [1.82, 2.24) is 9.13 Å². The van der Waals surface area contributed by atoms with Gasteiger partial charge in [-0.1, -0.05) is 177 Å². The van der Waals surface area contributed by atoms with Crippen LogP contribution in [0.4, 0.5) is 34.1 Å². The fourth-order valence-electron chi connectivity index (χ4n) is 13.4. The molecule has 4 nitrogen and oxygen atoms in total. The van der Waals surface area contributed by atoms with E-state index < -0.39 is 47.2 Å². The molecule has 11 aromatic rings. The molecule has 4 heterocycles. The fourth-order valence-corrected chi connectivity index (χ4v) is 13.4. The largest absolute Gasteiger partial charge is 0.311 e. The van der Waals surface area contributed by atoms with Gasteiger partial charge in [0.1, 0.15) is 0 Å². The number of rotatable bonds is 9. The molecule has 2 aliphatic rings. The van der Waals surface area contributed by atoms with Gasteiger partial charge < -0.3 is 18.9 Å². The average Bonchev–Trinajstić information content (AvgIpc) is 0.876. The molecule has 0 radical (unpaired) electrons. The molecule has 0 aliphatic carbocycles. The summed E-state index contributed by atoms with van der Waals surface area (Å²) in [6.07, 6.45) is -5.89. The van der Waals surface area contributed by atoms with E-state index in [4.69, 9.17) is 0 Å². The Bertz CT molecular complexity index is 4320. The number of aromatic nitrogens is 2. The van der Waals surface area contributed by atoms with Crippen LogP contribution in [0.15, 0.2) is 182 Å². The highest BCUT2D eigenvalue weighted by Gasteiger charge is 2.44.